The maximum absolute atomic E-state index is 13.2. The topological polar surface area (TPSA) is 83.0 Å². The van der Waals surface area contributed by atoms with Crippen LogP contribution in [0.15, 0.2) is 30.5 Å². The van der Waals surface area contributed by atoms with Gasteiger partial charge in [0.25, 0.3) is 5.91 Å². The number of aromatic nitrogens is 3. The molecule has 0 aromatic carbocycles. The number of likely N-dealkylation sites (tertiary alicyclic amines) is 1. The Hall–Kier alpha value is -2.74. The van der Waals surface area contributed by atoms with E-state index in [1.807, 2.05) is 43.1 Å². The first-order valence-corrected chi connectivity index (χ1v) is 10.3. The number of fused-ring (bicyclic) bond motifs is 1. The highest BCUT2D eigenvalue weighted by Crippen LogP contribution is 2.33. The van der Waals surface area contributed by atoms with Crippen molar-refractivity contribution in [3.63, 3.8) is 0 Å². The quantitative estimate of drug-likeness (QED) is 0.683. The molecule has 28 heavy (non-hydrogen) atoms. The first kappa shape index (κ1) is 18.6. The molecule has 2 N–H and O–H groups in total. The van der Waals surface area contributed by atoms with Crippen LogP contribution in [0.25, 0.3) is 10.2 Å². The minimum atomic E-state index is -0.0733. The van der Waals surface area contributed by atoms with Crippen LogP contribution < -0.4 is 10.6 Å². The molecule has 2 atom stereocenters. The number of amides is 1. The average Bonchev–Trinajstić information content (AvgIpc) is 3.33. The van der Waals surface area contributed by atoms with E-state index in [9.17, 15) is 4.79 Å². The van der Waals surface area contributed by atoms with Gasteiger partial charge in [0.2, 0.25) is 5.95 Å². The van der Waals surface area contributed by atoms with E-state index in [0.717, 1.165) is 40.4 Å². The van der Waals surface area contributed by atoms with Crippen LogP contribution in [0.1, 0.15) is 42.5 Å². The van der Waals surface area contributed by atoms with E-state index < -0.39 is 0 Å². The molecule has 0 saturated carbocycles. The van der Waals surface area contributed by atoms with E-state index in [0.29, 0.717) is 17.6 Å². The van der Waals surface area contributed by atoms with Gasteiger partial charge in [0.1, 0.15) is 0 Å². The molecule has 7 nitrogen and oxygen atoms in total. The lowest BCUT2D eigenvalue weighted by molar-refractivity contribution is 0.0784. The second-order valence-electron chi connectivity index (χ2n) is 7.24. The van der Waals surface area contributed by atoms with Crippen LogP contribution >= 0.6 is 11.3 Å². The van der Waals surface area contributed by atoms with Crippen LogP contribution in [0, 0.1) is 5.92 Å². The van der Waals surface area contributed by atoms with Crippen molar-refractivity contribution in [2.75, 3.05) is 30.8 Å². The third-order valence-corrected chi connectivity index (χ3v) is 6.16. The molecule has 8 heteroatoms. The highest BCUT2D eigenvalue weighted by Gasteiger charge is 2.28. The molecule has 0 aliphatic carbocycles. The molecule has 146 valence electrons. The van der Waals surface area contributed by atoms with Crippen molar-refractivity contribution in [2.24, 2.45) is 5.92 Å². The molecule has 1 saturated heterocycles. The number of pyridine rings is 1. The third-order valence-electron chi connectivity index (χ3n) is 5.01. The normalized spacial score (nSPS) is 17.7. The van der Waals surface area contributed by atoms with Gasteiger partial charge in [-0.1, -0.05) is 13.0 Å². The highest BCUT2D eigenvalue weighted by molar-refractivity contribution is 7.23. The summed E-state index contributed by atoms with van der Waals surface area (Å²) in [7, 11) is 1.87. The van der Waals surface area contributed by atoms with Gasteiger partial charge < -0.3 is 15.5 Å². The molecule has 0 radical (unpaired) electrons. The maximum atomic E-state index is 13.2. The number of rotatable bonds is 5. The van der Waals surface area contributed by atoms with Crippen molar-refractivity contribution in [1.29, 1.82) is 0 Å². The van der Waals surface area contributed by atoms with E-state index in [1.54, 1.807) is 6.20 Å². The Morgan fingerprint density at radius 1 is 1.36 bits per heavy atom. The number of hydrogen-bond donors (Lipinski definition) is 2. The van der Waals surface area contributed by atoms with Gasteiger partial charge in [-0.3, -0.25) is 9.78 Å². The van der Waals surface area contributed by atoms with Gasteiger partial charge in [0.05, 0.1) is 27.0 Å². The second kappa shape index (κ2) is 7.71. The zero-order valence-electron chi connectivity index (χ0n) is 16.3. The lowest BCUT2D eigenvalue weighted by Crippen LogP contribution is -2.29. The van der Waals surface area contributed by atoms with Gasteiger partial charge in [-0.2, -0.15) is 0 Å². The molecule has 3 aromatic heterocycles. The summed E-state index contributed by atoms with van der Waals surface area (Å²) in [5.41, 5.74) is 2.14. The van der Waals surface area contributed by atoms with Crippen molar-refractivity contribution in [1.82, 2.24) is 19.9 Å². The molecule has 0 spiro atoms. The minimum Gasteiger partial charge on any atom is -0.380 e. The van der Waals surface area contributed by atoms with Gasteiger partial charge in [0, 0.05) is 26.3 Å². The summed E-state index contributed by atoms with van der Waals surface area (Å²) < 4.78 is 0.824. The largest absolute Gasteiger partial charge is 0.380 e. The standard InChI is InChI=1S/C20H24N6OS/c1-12-7-9-26(11-12)19(27)17-18-15(10-16(21-3)28-18)24-20(25-17)23-13(2)14-6-4-5-8-22-14/h4-6,8,10,12-13,21H,7,9,11H2,1-3H3,(H,23,24,25)/t12-,13+/m1/s1. The summed E-state index contributed by atoms with van der Waals surface area (Å²) in [5.74, 6) is 0.954. The van der Waals surface area contributed by atoms with Crippen molar-refractivity contribution in [3.8, 4) is 0 Å². The van der Waals surface area contributed by atoms with Crippen LogP contribution in [0.4, 0.5) is 10.9 Å². The van der Waals surface area contributed by atoms with E-state index in [2.05, 4.69) is 32.5 Å². The summed E-state index contributed by atoms with van der Waals surface area (Å²) in [4.78, 5) is 28.7. The first-order valence-electron chi connectivity index (χ1n) is 9.51. The Balaban J connectivity index is 1.70. The van der Waals surface area contributed by atoms with E-state index in [1.165, 1.54) is 11.3 Å². The van der Waals surface area contributed by atoms with Crippen molar-refractivity contribution in [2.45, 2.75) is 26.3 Å². The Labute approximate surface area is 168 Å². The fourth-order valence-corrected chi connectivity index (χ4v) is 4.36. The summed E-state index contributed by atoms with van der Waals surface area (Å²) in [6, 6.07) is 7.68. The monoisotopic (exact) mass is 396 g/mol. The molecular weight excluding hydrogens is 372 g/mol. The number of thiophene rings is 1. The molecule has 3 aromatic rings. The first-order chi connectivity index (χ1) is 13.5. The minimum absolute atomic E-state index is 0.0187. The highest BCUT2D eigenvalue weighted by atomic mass is 32.1. The summed E-state index contributed by atoms with van der Waals surface area (Å²) in [5, 5.41) is 7.40. The Morgan fingerprint density at radius 2 is 2.21 bits per heavy atom. The fraction of sp³-hybridized carbons (Fsp3) is 0.400. The maximum Gasteiger partial charge on any atom is 0.274 e. The van der Waals surface area contributed by atoms with E-state index >= 15 is 0 Å². The number of anilines is 2. The number of nitrogens with zero attached hydrogens (tertiary/aromatic N) is 4. The van der Waals surface area contributed by atoms with Crippen LogP contribution in [-0.4, -0.2) is 45.9 Å². The third kappa shape index (κ3) is 3.64. The molecule has 4 rings (SSSR count). The predicted octanol–water partition coefficient (Wildman–Crippen LogP) is 3.78. The number of hydrogen-bond acceptors (Lipinski definition) is 7. The zero-order chi connectivity index (χ0) is 19.7. The van der Waals surface area contributed by atoms with Gasteiger partial charge in [-0.15, -0.1) is 11.3 Å². The molecule has 0 bridgehead atoms. The predicted molar refractivity (Wildman–Crippen MR) is 113 cm³/mol. The van der Waals surface area contributed by atoms with Gasteiger partial charge in [-0.25, -0.2) is 9.97 Å². The zero-order valence-corrected chi connectivity index (χ0v) is 17.1. The lowest BCUT2D eigenvalue weighted by atomic mass is 10.2. The van der Waals surface area contributed by atoms with Gasteiger partial charge >= 0.3 is 0 Å². The number of nitrogens with one attached hydrogen (secondary N) is 2. The van der Waals surface area contributed by atoms with Crippen LogP contribution in [0.5, 0.6) is 0 Å². The summed E-state index contributed by atoms with van der Waals surface area (Å²) in [6.07, 6.45) is 2.80. The Kier molecular flexibility index (Phi) is 5.13. The van der Waals surface area contributed by atoms with Crippen molar-refractivity contribution in [3.05, 3.63) is 41.9 Å². The van der Waals surface area contributed by atoms with Crippen LogP contribution in [0.2, 0.25) is 0 Å². The number of carbonyl (C=O) groups is 1. The number of carbonyl (C=O) groups excluding carboxylic acids is 1. The molecule has 1 amide bonds. The molecule has 4 heterocycles. The van der Waals surface area contributed by atoms with E-state index in [-0.39, 0.29) is 11.9 Å². The van der Waals surface area contributed by atoms with Crippen LogP contribution in [-0.2, 0) is 0 Å². The Bertz CT molecular complexity index is 989. The average molecular weight is 397 g/mol. The van der Waals surface area contributed by atoms with Gasteiger partial charge in [0.15, 0.2) is 5.69 Å². The van der Waals surface area contributed by atoms with Gasteiger partial charge in [-0.05, 0) is 37.5 Å². The van der Waals surface area contributed by atoms with Crippen molar-refractivity contribution >= 4 is 38.4 Å². The Morgan fingerprint density at radius 3 is 2.89 bits per heavy atom. The molecule has 1 aliphatic rings. The smallest absolute Gasteiger partial charge is 0.274 e. The molecule has 1 aliphatic heterocycles. The SMILES string of the molecule is CNc1cc2nc(N[C@@H](C)c3ccccn3)nc(C(=O)N3CC[C@@H](C)C3)c2s1. The summed E-state index contributed by atoms with van der Waals surface area (Å²) >= 11 is 1.51. The van der Waals surface area contributed by atoms with E-state index in [4.69, 9.17) is 0 Å². The molecule has 0 unspecified atom stereocenters. The van der Waals surface area contributed by atoms with Crippen LogP contribution in [0.3, 0.4) is 0 Å². The molecular formula is C20H24N6OS. The summed E-state index contributed by atoms with van der Waals surface area (Å²) in [6.45, 7) is 5.74. The fourth-order valence-electron chi connectivity index (χ4n) is 3.43. The van der Waals surface area contributed by atoms with Crippen molar-refractivity contribution < 1.29 is 4.79 Å². The lowest BCUT2D eigenvalue weighted by Gasteiger charge is -2.17. The molecule has 1 fully saturated rings. The second-order valence-corrected chi connectivity index (χ2v) is 8.29.